The normalized spacial score (nSPS) is 23.2. The van der Waals surface area contributed by atoms with E-state index in [4.69, 9.17) is 5.73 Å². The molecule has 0 aromatic heterocycles. The summed E-state index contributed by atoms with van der Waals surface area (Å²) in [6, 6.07) is 0.497. The molecule has 0 aromatic carbocycles. The fourth-order valence-electron chi connectivity index (χ4n) is 1.30. The van der Waals surface area contributed by atoms with Crippen LogP contribution in [0.4, 0.5) is 0 Å². The molecule has 1 atom stereocenters. The lowest BCUT2D eigenvalue weighted by atomic mass is 10.0. The van der Waals surface area contributed by atoms with Gasteiger partial charge in [-0.2, -0.15) is 0 Å². The molecule has 0 unspecified atom stereocenters. The number of amidine groups is 1. The summed E-state index contributed by atoms with van der Waals surface area (Å²) in [6.45, 7) is 4.46. The molecule has 0 fully saturated rings. The molecule has 1 heterocycles. The number of thioether (sulfide) groups is 1. The van der Waals surface area contributed by atoms with E-state index in [9.17, 15) is 0 Å². The van der Waals surface area contributed by atoms with Crippen molar-refractivity contribution in [3.05, 3.63) is 0 Å². The van der Waals surface area contributed by atoms with Crippen LogP contribution in [0.25, 0.3) is 0 Å². The Morgan fingerprint density at radius 2 is 2.33 bits per heavy atom. The maximum absolute atomic E-state index is 5.61. The van der Waals surface area contributed by atoms with Crippen LogP contribution in [-0.2, 0) is 0 Å². The summed E-state index contributed by atoms with van der Waals surface area (Å²) in [5.74, 6) is 1.88. The van der Waals surface area contributed by atoms with Gasteiger partial charge in [0.25, 0.3) is 0 Å². The number of halogens is 1. The minimum absolute atomic E-state index is 0. The lowest BCUT2D eigenvalue weighted by Crippen LogP contribution is -2.21. The third-order valence-electron chi connectivity index (χ3n) is 1.75. The first-order chi connectivity index (χ1) is 5.18. The zero-order valence-corrected chi connectivity index (χ0v) is 10.1. The Bertz CT molecular complexity index is 159. The molecule has 0 amide bonds. The Kier molecular flexibility index (Phi) is 6.01. The average molecular weight is 253 g/mol. The van der Waals surface area contributed by atoms with Crippen molar-refractivity contribution in [2.75, 3.05) is 5.75 Å². The van der Waals surface area contributed by atoms with Crippen LogP contribution in [0, 0.1) is 5.92 Å². The van der Waals surface area contributed by atoms with Crippen molar-refractivity contribution < 1.29 is 0 Å². The molecule has 72 valence electrons. The lowest BCUT2D eigenvalue weighted by Gasteiger charge is -2.19. The van der Waals surface area contributed by atoms with E-state index in [-0.39, 0.29) is 17.0 Å². The molecule has 0 bridgehead atoms. The number of aliphatic imine (C=N–C) groups is 1. The molecule has 0 spiro atoms. The van der Waals surface area contributed by atoms with Crippen LogP contribution in [0.15, 0.2) is 4.99 Å². The van der Waals surface area contributed by atoms with E-state index < -0.39 is 0 Å². The van der Waals surface area contributed by atoms with E-state index in [1.807, 2.05) is 0 Å². The van der Waals surface area contributed by atoms with Crippen molar-refractivity contribution in [2.24, 2.45) is 16.6 Å². The number of hydrogen-bond donors (Lipinski definition) is 1. The van der Waals surface area contributed by atoms with Crippen LogP contribution in [0.3, 0.4) is 0 Å². The van der Waals surface area contributed by atoms with Gasteiger partial charge in [0.15, 0.2) is 5.17 Å². The van der Waals surface area contributed by atoms with Crippen LogP contribution in [0.2, 0.25) is 0 Å². The summed E-state index contributed by atoms with van der Waals surface area (Å²) < 4.78 is 0. The third kappa shape index (κ3) is 4.36. The lowest BCUT2D eigenvalue weighted by molar-refractivity contribution is 0.489. The highest BCUT2D eigenvalue weighted by atomic mass is 79.9. The quantitative estimate of drug-likeness (QED) is 0.820. The number of rotatable bonds is 2. The van der Waals surface area contributed by atoms with Gasteiger partial charge in [0, 0.05) is 5.75 Å². The topological polar surface area (TPSA) is 38.4 Å². The van der Waals surface area contributed by atoms with E-state index in [1.165, 1.54) is 12.8 Å². The van der Waals surface area contributed by atoms with Gasteiger partial charge < -0.3 is 5.73 Å². The summed E-state index contributed by atoms with van der Waals surface area (Å²) in [5, 5.41) is 0.780. The van der Waals surface area contributed by atoms with Gasteiger partial charge in [0.05, 0.1) is 6.04 Å². The van der Waals surface area contributed by atoms with Crippen LogP contribution in [0.5, 0.6) is 0 Å². The molecular weight excluding hydrogens is 236 g/mol. The molecule has 12 heavy (non-hydrogen) atoms. The van der Waals surface area contributed by atoms with Gasteiger partial charge in [-0.3, -0.25) is 4.99 Å². The van der Waals surface area contributed by atoms with Gasteiger partial charge in [-0.1, -0.05) is 25.6 Å². The van der Waals surface area contributed by atoms with Gasteiger partial charge in [0.2, 0.25) is 0 Å². The minimum atomic E-state index is 0. The average Bonchev–Trinajstić information content (AvgIpc) is 1.85. The highest BCUT2D eigenvalue weighted by Crippen LogP contribution is 2.20. The maximum Gasteiger partial charge on any atom is 0.154 e. The first kappa shape index (κ1) is 12.3. The summed E-state index contributed by atoms with van der Waals surface area (Å²) in [6.07, 6.45) is 2.38. The van der Waals surface area contributed by atoms with Crippen LogP contribution < -0.4 is 5.73 Å². The Morgan fingerprint density at radius 1 is 1.67 bits per heavy atom. The second kappa shape index (κ2) is 5.86. The summed E-state index contributed by atoms with van der Waals surface area (Å²) in [5.41, 5.74) is 5.61. The second-order valence-electron chi connectivity index (χ2n) is 3.39. The van der Waals surface area contributed by atoms with Crippen molar-refractivity contribution in [2.45, 2.75) is 32.7 Å². The Labute approximate surface area is 89.2 Å². The molecule has 1 rings (SSSR count). The second-order valence-corrected chi connectivity index (χ2v) is 4.50. The van der Waals surface area contributed by atoms with Crippen LogP contribution in [0.1, 0.15) is 26.7 Å². The van der Waals surface area contributed by atoms with Crippen LogP contribution in [-0.4, -0.2) is 17.0 Å². The number of hydrogen-bond acceptors (Lipinski definition) is 3. The van der Waals surface area contributed by atoms with Gasteiger partial charge in [-0.05, 0) is 18.8 Å². The number of nitrogens with zero attached hydrogens (tertiary/aromatic N) is 1. The Balaban J connectivity index is 0.00000121. The summed E-state index contributed by atoms with van der Waals surface area (Å²) in [4.78, 5) is 4.38. The molecule has 2 N–H and O–H groups in total. The fraction of sp³-hybridized carbons (Fsp3) is 0.875. The molecule has 2 nitrogen and oxygen atoms in total. The van der Waals surface area contributed by atoms with E-state index in [0.717, 1.165) is 16.8 Å². The van der Waals surface area contributed by atoms with Gasteiger partial charge >= 0.3 is 0 Å². The highest BCUT2D eigenvalue weighted by Gasteiger charge is 2.14. The molecule has 4 heteroatoms. The first-order valence-electron chi connectivity index (χ1n) is 4.14. The SMILES string of the molecule is Br.CC(C)C[C@@H]1CCSC(N)=N1. The maximum atomic E-state index is 5.61. The van der Waals surface area contributed by atoms with Crippen LogP contribution >= 0.6 is 28.7 Å². The molecule has 0 radical (unpaired) electrons. The zero-order valence-electron chi connectivity index (χ0n) is 7.62. The van der Waals surface area contributed by atoms with Crippen molar-refractivity contribution in [1.29, 1.82) is 0 Å². The van der Waals surface area contributed by atoms with Crippen molar-refractivity contribution in [3.8, 4) is 0 Å². The summed E-state index contributed by atoms with van der Waals surface area (Å²) in [7, 11) is 0. The standard InChI is InChI=1S/C8H16N2S.BrH/c1-6(2)5-7-3-4-11-8(9)10-7;/h6-7H,3-5H2,1-2H3,(H2,9,10);1H/t7-;/m0./s1. The molecular formula is C8H17BrN2S. The predicted molar refractivity (Wildman–Crippen MR) is 62.3 cm³/mol. The molecule has 1 aliphatic heterocycles. The largest absolute Gasteiger partial charge is 0.379 e. The smallest absolute Gasteiger partial charge is 0.154 e. The molecule has 0 saturated carbocycles. The van der Waals surface area contributed by atoms with Gasteiger partial charge in [0.1, 0.15) is 0 Å². The first-order valence-corrected chi connectivity index (χ1v) is 5.13. The summed E-state index contributed by atoms with van der Waals surface area (Å²) >= 11 is 1.68. The van der Waals surface area contributed by atoms with Gasteiger partial charge in [-0.15, -0.1) is 17.0 Å². The predicted octanol–water partition coefficient (Wildman–Crippen LogP) is 2.43. The number of nitrogens with two attached hydrogens (primary N) is 1. The van der Waals surface area contributed by atoms with E-state index in [2.05, 4.69) is 18.8 Å². The molecule has 0 aliphatic carbocycles. The highest BCUT2D eigenvalue weighted by molar-refractivity contribution is 8.93. The monoisotopic (exact) mass is 252 g/mol. The minimum Gasteiger partial charge on any atom is -0.379 e. The molecule has 0 saturated heterocycles. The Hall–Kier alpha value is 0.300. The van der Waals surface area contributed by atoms with E-state index in [0.29, 0.717) is 6.04 Å². The van der Waals surface area contributed by atoms with Crippen molar-refractivity contribution >= 4 is 33.9 Å². The zero-order chi connectivity index (χ0) is 8.27. The third-order valence-corrected chi connectivity index (χ3v) is 2.60. The van der Waals surface area contributed by atoms with Crippen molar-refractivity contribution in [1.82, 2.24) is 0 Å². The van der Waals surface area contributed by atoms with E-state index >= 15 is 0 Å². The van der Waals surface area contributed by atoms with Gasteiger partial charge in [-0.25, -0.2) is 0 Å². The molecule has 0 aromatic rings. The fourth-order valence-corrected chi connectivity index (χ4v) is 2.12. The van der Waals surface area contributed by atoms with E-state index in [1.54, 1.807) is 11.8 Å². The van der Waals surface area contributed by atoms with Crippen molar-refractivity contribution in [3.63, 3.8) is 0 Å². The Morgan fingerprint density at radius 3 is 2.83 bits per heavy atom. The molecule has 1 aliphatic rings.